The van der Waals surface area contributed by atoms with Gasteiger partial charge in [0.05, 0.1) is 22.2 Å². The molecule has 1 aromatic heterocycles. The number of piperidine rings is 1. The van der Waals surface area contributed by atoms with Crippen molar-refractivity contribution in [2.75, 3.05) is 13.1 Å². The van der Waals surface area contributed by atoms with E-state index in [0.717, 1.165) is 28.4 Å². The summed E-state index contributed by atoms with van der Waals surface area (Å²) in [7, 11) is 0. The lowest BCUT2D eigenvalue weighted by Gasteiger charge is -2.32. The first kappa shape index (κ1) is 16.2. The van der Waals surface area contributed by atoms with E-state index in [1.165, 1.54) is 0 Å². The van der Waals surface area contributed by atoms with Crippen molar-refractivity contribution >= 4 is 17.4 Å². The molecule has 0 aromatic carbocycles. The molecule has 1 N–H and O–H groups in total. The van der Waals surface area contributed by atoms with E-state index >= 15 is 0 Å². The number of hydrogen-bond acceptors (Lipinski definition) is 5. The Morgan fingerprint density at radius 3 is 2.52 bits per heavy atom. The topological polar surface area (TPSA) is 62.7 Å². The summed E-state index contributed by atoms with van der Waals surface area (Å²) in [6, 6.07) is 0. The van der Waals surface area contributed by atoms with E-state index in [0.29, 0.717) is 19.0 Å². The van der Waals surface area contributed by atoms with Crippen molar-refractivity contribution < 1.29 is 14.6 Å². The number of aliphatic hydroxyl groups excluding tert-OH is 1. The quantitative estimate of drug-likeness (QED) is 0.911. The first-order valence-corrected chi connectivity index (χ1v) is 8.17. The number of hydrogen-bond donors (Lipinski definition) is 1. The molecule has 0 radical (unpaired) electrons. The number of carbonyl (C=O) groups is 1. The molecule has 0 spiro atoms. The molecule has 1 aromatic rings. The Hall–Kier alpha value is -1.14. The minimum Gasteiger partial charge on any atom is -0.444 e. The second kappa shape index (κ2) is 6.32. The molecule has 0 atom stereocenters. The van der Waals surface area contributed by atoms with E-state index in [-0.39, 0.29) is 12.7 Å². The van der Waals surface area contributed by atoms with Crippen LogP contribution >= 0.6 is 11.3 Å². The highest BCUT2D eigenvalue weighted by molar-refractivity contribution is 7.11. The normalized spacial score (nSPS) is 17.1. The third-order valence-corrected chi connectivity index (χ3v) is 4.85. The molecule has 1 fully saturated rings. The zero-order valence-electron chi connectivity index (χ0n) is 13.2. The number of aryl methyl sites for hydroxylation is 1. The molecule has 0 unspecified atom stereocenters. The standard InChI is InChI=1S/C15H24N2O3S/c1-10-12(9-18)21-13(16-10)11-5-7-17(8-6-11)14(19)20-15(2,3)4/h11,18H,5-9H2,1-4H3. The first-order chi connectivity index (χ1) is 9.80. The molecule has 2 rings (SSSR count). The van der Waals surface area contributed by atoms with Crippen LogP contribution in [0.2, 0.25) is 0 Å². The Kier molecular flexibility index (Phi) is 4.88. The predicted molar refractivity (Wildman–Crippen MR) is 82.6 cm³/mol. The number of nitrogens with zero attached hydrogens (tertiary/aromatic N) is 2. The van der Waals surface area contributed by atoms with Gasteiger partial charge in [-0.25, -0.2) is 9.78 Å². The van der Waals surface area contributed by atoms with Gasteiger partial charge in [-0.2, -0.15) is 0 Å². The fraction of sp³-hybridized carbons (Fsp3) is 0.733. The van der Waals surface area contributed by atoms with Crippen molar-refractivity contribution in [2.24, 2.45) is 0 Å². The van der Waals surface area contributed by atoms with Gasteiger partial charge in [0.15, 0.2) is 0 Å². The summed E-state index contributed by atoms with van der Waals surface area (Å²) in [4.78, 5) is 19.3. The van der Waals surface area contributed by atoms with E-state index in [2.05, 4.69) is 4.98 Å². The molecular formula is C15H24N2O3S. The number of ether oxygens (including phenoxy) is 1. The number of carbonyl (C=O) groups excluding carboxylic acids is 1. The number of likely N-dealkylation sites (tertiary alicyclic amines) is 1. The van der Waals surface area contributed by atoms with E-state index in [1.807, 2.05) is 27.7 Å². The van der Waals surface area contributed by atoms with Gasteiger partial charge in [0.2, 0.25) is 0 Å². The molecule has 6 heteroatoms. The molecular weight excluding hydrogens is 288 g/mol. The van der Waals surface area contributed by atoms with Gasteiger partial charge in [-0.15, -0.1) is 11.3 Å². The highest BCUT2D eigenvalue weighted by Gasteiger charge is 2.29. The number of thiazole rings is 1. The molecule has 118 valence electrons. The lowest BCUT2D eigenvalue weighted by Crippen LogP contribution is -2.41. The molecule has 1 aliphatic heterocycles. The van der Waals surface area contributed by atoms with Crippen LogP contribution in [0, 0.1) is 6.92 Å². The average molecular weight is 312 g/mol. The van der Waals surface area contributed by atoms with Crippen LogP contribution in [-0.4, -0.2) is 39.8 Å². The summed E-state index contributed by atoms with van der Waals surface area (Å²) in [6.45, 7) is 9.03. The Morgan fingerprint density at radius 2 is 2.05 bits per heavy atom. The zero-order valence-corrected chi connectivity index (χ0v) is 14.0. The highest BCUT2D eigenvalue weighted by atomic mass is 32.1. The number of aliphatic hydroxyl groups is 1. The van der Waals surface area contributed by atoms with Gasteiger partial charge < -0.3 is 14.7 Å². The van der Waals surface area contributed by atoms with Gasteiger partial charge in [0.25, 0.3) is 0 Å². The van der Waals surface area contributed by atoms with Crippen LogP contribution in [0.3, 0.4) is 0 Å². The maximum Gasteiger partial charge on any atom is 0.410 e. The summed E-state index contributed by atoms with van der Waals surface area (Å²) < 4.78 is 5.40. The van der Waals surface area contributed by atoms with Crippen molar-refractivity contribution in [3.8, 4) is 0 Å². The van der Waals surface area contributed by atoms with E-state index in [9.17, 15) is 9.90 Å². The third-order valence-electron chi connectivity index (χ3n) is 3.55. The smallest absolute Gasteiger partial charge is 0.410 e. The van der Waals surface area contributed by atoms with Gasteiger partial charge in [0.1, 0.15) is 5.60 Å². The summed E-state index contributed by atoms with van der Waals surface area (Å²) in [5.74, 6) is 0.382. The predicted octanol–water partition coefficient (Wildman–Crippen LogP) is 3.06. The van der Waals surface area contributed by atoms with Crippen LogP contribution in [0.5, 0.6) is 0 Å². The van der Waals surface area contributed by atoms with Crippen molar-refractivity contribution in [1.29, 1.82) is 0 Å². The van der Waals surface area contributed by atoms with Gasteiger partial charge in [-0.3, -0.25) is 0 Å². The Bertz CT molecular complexity index is 500. The Morgan fingerprint density at radius 1 is 1.43 bits per heavy atom. The molecule has 5 nitrogen and oxygen atoms in total. The second-order valence-electron chi connectivity index (χ2n) is 6.46. The monoisotopic (exact) mass is 312 g/mol. The molecule has 2 heterocycles. The Balaban J connectivity index is 1.92. The summed E-state index contributed by atoms with van der Waals surface area (Å²) in [5.41, 5.74) is 0.475. The van der Waals surface area contributed by atoms with Gasteiger partial charge >= 0.3 is 6.09 Å². The van der Waals surface area contributed by atoms with E-state index in [1.54, 1.807) is 16.2 Å². The number of rotatable bonds is 2. The maximum absolute atomic E-state index is 12.0. The van der Waals surface area contributed by atoms with Crippen LogP contribution in [0.4, 0.5) is 4.79 Å². The van der Waals surface area contributed by atoms with Crippen molar-refractivity contribution in [2.45, 2.75) is 58.7 Å². The lowest BCUT2D eigenvalue weighted by atomic mass is 9.98. The van der Waals surface area contributed by atoms with Crippen LogP contribution in [0.15, 0.2) is 0 Å². The van der Waals surface area contributed by atoms with Crippen LogP contribution in [0.1, 0.15) is 55.1 Å². The zero-order chi connectivity index (χ0) is 15.6. The molecule has 0 aliphatic carbocycles. The lowest BCUT2D eigenvalue weighted by molar-refractivity contribution is 0.0205. The number of amides is 1. The van der Waals surface area contributed by atoms with Gasteiger partial charge in [-0.05, 0) is 40.5 Å². The fourth-order valence-corrected chi connectivity index (χ4v) is 3.50. The van der Waals surface area contributed by atoms with E-state index in [4.69, 9.17) is 4.74 Å². The molecule has 1 amide bonds. The highest BCUT2D eigenvalue weighted by Crippen LogP contribution is 2.32. The molecule has 1 saturated heterocycles. The third kappa shape index (κ3) is 4.17. The molecule has 1 aliphatic rings. The average Bonchev–Trinajstić information content (AvgIpc) is 2.78. The van der Waals surface area contributed by atoms with Crippen LogP contribution < -0.4 is 0 Å². The minimum atomic E-state index is -0.448. The molecule has 21 heavy (non-hydrogen) atoms. The largest absolute Gasteiger partial charge is 0.444 e. The second-order valence-corrected chi connectivity index (χ2v) is 7.58. The maximum atomic E-state index is 12.0. The summed E-state index contributed by atoms with van der Waals surface area (Å²) >= 11 is 1.59. The molecule has 0 bridgehead atoms. The SMILES string of the molecule is Cc1nc(C2CCN(C(=O)OC(C)(C)C)CC2)sc1CO. The fourth-order valence-electron chi connectivity index (χ4n) is 2.41. The van der Waals surface area contributed by atoms with E-state index < -0.39 is 5.60 Å². The van der Waals surface area contributed by atoms with Crippen molar-refractivity contribution in [1.82, 2.24) is 9.88 Å². The van der Waals surface area contributed by atoms with Gasteiger partial charge in [0, 0.05) is 19.0 Å². The van der Waals surface area contributed by atoms with Crippen LogP contribution in [0.25, 0.3) is 0 Å². The first-order valence-electron chi connectivity index (χ1n) is 7.35. The van der Waals surface area contributed by atoms with Gasteiger partial charge in [-0.1, -0.05) is 0 Å². The van der Waals surface area contributed by atoms with Crippen LogP contribution in [-0.2, 0) is 11.3 Å². The molecule has 0 saturated carbocycles. The summed E-state index contributed by atoms with van der Waals surface area (Å²) in [5, 5.41) is 10.3. The minimum absolute atomic E-state index is 0.0558. The Labute approximate surface area is 129 Å². The summed E-state index contributed by atoms with van der Waals surface area (Å²) in [6.07, 6.45) is 1.57. The van der Waals surface area contributed by atoms with Crippen molar-refractivity contribution in [3.05, 3.63) is 15.6 Å². The number of aromatic nitrogens is 1. The van der Waals surface area contributed by atoms with Crippen molar-refractivity contribution in [3.63, 3.8) is 0 Å².